The van der Waals surface area contributed by atoms with Crippen LogP contribution in [0.2, 0.25) is 0 Å². The van der Waals surface area contributed by atoms with Crippen LogP contribution in [0.4, 0.5) is 4.39 Å². The summed E-state index contributed by atoms with van der Waals surface area (Å²) in [6, 6.07) is 14.9. The average Bonchev–Trinajstić information content (AvgIpc) is 3.15. The maximum Gasteiger partial charge on any atom is 0.193 e. The van der Waals surface area contributed by atoms with E-state index in [0.29, 0.717) is 19.6 Å². The number of hydrogen-bond donors (Lipinski definition) is 1. The van der Waals surface area contributed by atoms with E-state index in [1.807, 2.05) is 24.1 Å². The zero-order valence-corrected chi connectivity index (χ0v) is 15.5. The Bertz CT molecular complexity index is 891. The molecule has 0 radical (unpaired) electrons. The van der Waals surface area contributed by atoms with Crippen molar-refractivity contribution in [3.63, 3.8) is 0 Å². The van der Waals surface area contributed by atoms with E-state index in [4.69, 9.17) is 0 Å². The van der Waals surface area contributed by atoms with Crippen LogP contribution in [0, 0.1) is 5.82 Å². The molecule has 0 amide bonds. The fraction of sp³-hybridized carbons (Fsp3) is 0.250. The Morgan fingerprint density at radius 1 is 1.15 bits per heavy atom. The predicted molar refractivity (Wildman–Crippen MR) is 104 cm³/mol. The lowest BCUT2D eigenvalue weighted by molar-refractivity contribution is 0.474. The minimum atomic E-state index is -0.229. The molecule has 2 aromatic carbocycles. The summed E-state index contributed by atoms with van der Waals surface area (Å²) in [4.78, 5) is 10.3. The van der Waals surface area contributed by atoms with Crippen molar-refractivity contribution in [2.24, 2.45) is 4.99 Å². The topological polar surface area (TPSA) is 58.3 Å². The second-order valence-electron chi connectivity index (χ2n) is 6.30. The second kappa shape index (κ2) is 8.93. The number of guanidine groups is 1. The summed E-state index contributed by atoms with van der Waals surface area (Å²) in [5.41, 5.74) is 3.20. The first-order valence-electron chi connectivity index (χ1n) is 8.70. The van der Waals surface area contributed by atoms with Gasteiger partial charge in [-0.2, -0.15) is 5.10 Å². The molecule has 3 rings (SSSR count). The summed E-state index contributed by atoms with van der Waals surface area (Å²) in [7, 11) is 3.67. The van der Waals surface area contributed by atoms with Gasteiger partial charge in [-0.15, -0.1) is 0 Å². The van der Waals surface area contributed by atoms with Gasteiger partial charge in [0.05, 0.1) is 6.54 Å². The van der Waals surface area contributed by atoms with E-state index in [2.05, 4.69) is 38.6 Å². The average molecular weight is 366 g/mol. The molecule has 0 saturated heterocycles. The third-order valence-electron chi connectivity index (χ3n) is 4.14. The molecule has 1 N–H and O–H groups in total. The maximum absolute atomic E-state index is 13.4. The minimum Gasteiger partial charge on any atom is -0.352 e. The van der Waals surface area contributed by atoms with Gasteiger partial charge in [0.1, 0.15) is 18.5 Å². The van der Waals surface area contributed by atoms with Crippen molar-refractivity contribution in [3.8, 4) is 0 Å². The van der Waals surface area contributed by atoms with E-state index in [9.17, 15) is 4.39 Å². The summed E-state index contributed by atoms with van der Waals surface area (Å²) in [5, 5.41) is 7.49. The Hall–Kier alpha value is -3.22. The molecule has 1 aromatic heterocycles. The molecular weight excluding hydrogens is 343 g/mol. The molecule has 0 bridgehead atoms. The SMILES string of the molecule is CN=C(NCc1cccc(Cn2cncn2)c1)N(C)Cc1cccc(F)c1. The molecule has 0 spiro atoms. The van der Waals surface area contributed by atoms with Gasteiger partial charge in [0.25, 0.3) is 0 Å². The molecule has 3 aromatic rings. The number of hydrogen-bond acceptors (Lipinski definition) is 3. The van der Waals surface area contributed by atoms with Gasteiger partial charge in [-0.1, -0.05) is 36.4 Å². The zero-order chi connectivity index (χ0) is 19.1. The molecule has 0 atom stereocenters. The summed E-state index contributed by atoms with van der Waals surface area (Å²) >= 11 is 0. The molecule has 0 aliphatic rings. The van der Waals surface area contributed by atoms with E-state index in [-0.39, 0.29) is 5.82 Å². The summed E-state index contributed by atoms with van der Waals surface area (Å²) in [5.74, 6) is 0.522. The lowest BCUT2D eigenvalue weighted by Crippen LogP contribution is -2.38. The molecule has 7 heteroatoms. The monoisotopic (exact) mass is 366 g/mol. The number of nitrogens with zero attached hydrogens (tertiary/aromatic N) is 5. The van der Waals surface area contributed by atoms with Crippen LogP contribution in [0.3, 0.4) is 0 Å². The zero-order valence-electron chi connectivity index (χ0n) is 15.5. The maximum atomic E-state index is 13.4. The molecule has 0 saturated carbocycles. The van der Waals surface area contributed by atoms with Crippen LogP contribution >= 0.6 is 0 Å². The molecule has 0 fully saturated rings. The third-order valence-corrected chi connectivity index (χ3v) is 4.14. The largest absolute Gasteiger partial charge is 0.352 e. The van der Waals surface area contributed by atoms with Crippen molar-refractivity contribution in [1.29, 1.82) is 0 Å². The smallest absolute Gasteiger partial charge is 0.193 e. The van der Waals surface area contributed by atoms with Crippen molar-refractivity contribution in [3.05, 3.63) is 83.7 Å². The van der Waals surface area contributed by atoms with Crippen LogP contribution < -0.4 is 5.32 Å². The quantitative estimate of drug-likeness (QED) is 0.538. The highest BCUT2D eigenvalue weighted by atomic mass is 19.1. The summed E-state index contributed by atoms with van der Waals surface area (Å²) < 4.78 is 15.2. The van der Waals surface area contributed by atoms with E-state index in [0.717, 1.165) is 22.6 Å². The van der Waals surface area contributed by atoms with Gasteiger partial charge < -0.3 is 10.2 Å². The van der Waals surface area contributed by atoms with Gasteiger partial charge in [0.2, 0.25) is 0 Å². The molecule has 0 aliphatic carbocycles. The standard InChI is InChI=1S/C20H23FN6/c1-22-20(26(2)12-18-7-4-8-19(21)10-18)24-11-16-5-3-6-17(9-16)13-27-15-23-14-25-27/h3-10,14-15H,11-13H2,1-2H3,(H,22,24). The van der Waals surface area contributed by atoms with Crippen LogP contribution in [-0.2, 0) is 19.6 Å². The lowest BCUT2D eigenvalue weighted by atomic mass is 10.1. The first-order valence-corrected chi connectivity index (χ1v) is 8.70. The molecule has 6 nitrogen and oxygen atoms in total. The van der Waals surface area contributed by atoms with E-state index < -0.39 is 0 Å². The molecular formula is C20H23FN6. The van der Waals surface area contributed by atoms with E-state index >= 15 is 0 Å². The number of halogens is 1. The van der Waals surface area contributed by atoms with Crippen molar-refractivity contribution < 1.29 is 4.39 Å². The number of aromatic nitrogens is 3. The molecule has 140 valence electrons. The highest BCUT2D eigenvalue weighted by Crippen LogP contribution is 2.09. The Balaban J connectivity index is 1.59. The lowest BCUT2D eigenvalue weighted by Gasteiger charge is -2.22. The molecule has 0 unspecified atom stereocenters. The number of benzene rings is 2. The summed E-state index contributed by atoms with van der Waals surface area (Å²) in [6.07, 6.45) is 3.23. The van der Waals surface area contributed by atoms with Crippen LogP contribution in [0.1, 0.15) is 16.7 Å². The molecule has 1 heterocycles. The fourth-order valence-corrected chi connectivity index (χ4v) is 2.89. The van der Waals surface area contributed by atoms with Crippen molar-refractivity contribution in [1.82, 2.24) is 25.0 Å². The van der Waals surface area contributed by atoms with Gasteiger partial charge >= 0.3 is 0 Å². The highest BCUT2D eigenvalue weighted by molar-refractivity contribution is 5.79. The van der Waals surface area contributed by atoms with Crippen molar-refractivity contribution in [2.45, 2.75) is 19.6 Å². The number of aliphatic imine (C=N–C) groups is 1. The Kier molecular flexibility index (Phi) is 6.14. The highest BCUT2D eigenvalue weighted by Gasteiger charge is 2.07. The van der Waals surface area contributed by atoms with E-state index in [1.165, 1.54) is 18.5 Å². The molecule has 27 heavy (non-hydrogen) atoms. The van der Waals surface area contributed by atoms with E-state index in [1.54, 1.807) is 24.1 Å². The Morgan fingerprint density at radius 2 is 1.93 bits per heavy atom. The summed E-state index contributed by atoms with van der Waals surface area (Å²) in [6.45, 7) is 1.90. The van der Waals surface area contributed by atoms with Gasteiger partial charge in [-0.25, -0.2) is 14.1 Å². The van der Waals surface area contributed by atoms with Gasteiger partial charge in [0, 0.05) is 27.2 Å². The number of rotatable bonds is 6. The first-order chi connectivity index (χ1) is 13.1. The van der Waals surface area contributed by atoms with Crippen LogP contribution in [0.15, 0.2) is 66.2 Å². The van der Waals surface area contributed by atoms with Crippen LogP contribution in [-0.4, -0.2) is 39.7 Å². The molecule has 0 aliphatic heterocycles. The minimum absolute atomic E-state index is 0.229. The normalized spacial score (nSPS) is 11.4. The Labute approximate surface area is 158 Å². The van der Waals surface area contributed by atoms with Gasteiger partial charge in [-0.05, 0) is 28.8 Å². The predicted octanol–water partition coefficient (Wildman–Crippen LogP) is 2.67. The van der Waals surface area contributed by atoms with Crippen LogP contribution in [0.25, 0.3) is 0 Å². The Morgan fingerprint density at radius 3 is 2.67 bits per heavy atom. The van der Waals surface area contributed by atoms with Gasteiger partial charge in [-0.3, -0.25) is 4.99 Å². The first kappa shape index (κ1) is 18.6. The van der Waals surface area contributed by atoms with Crippen molar-refractivity contribution >= 4 is 5.96 Å². The third kappa shape index (κ3) is 5.37. The van der Waals surface area contributed by atoms with Crippen LogP contribution in [0.5, 0.6) is 0 Å². The second-order valence-corrected chi connectivity index (χ2v) is 6.30. The number of nitrogens with one attached hydrogen (secondary N) is 1. The van der Waals surface area contributed by atoms with Crippen molar-refractivity contribution in [2.75, 3.05) is 14.1 Å². The van der Waals surface area contributed by atoms with Gasteiger partial charge in [0.15, 0.2) is 5.96 Å². The fourth-order valence-electron chi connectivity index (χ4n) is 2.89.